The largest absolute Gasteiger partial charge is 0.350 e. The Labute approximate surface area is 194 Å². The molecule has 0 aliphatic heterocycles. The van der Waals surface area contributed by atoms with Crippen molar-refractivity contribution in [1.82, 2.24) is 10.6 Å². The molecule has 0 spiro atoms. The molecule has 0 bridgehead atoms. The lowest BCUT2D eigenvalue weighted by molar-refractivity contribution is -0.385. The molecule has 0 radical (unpaired) electrons. The first kappa shape index (κ1) is 24.1. The zero-order valence-corrected chi connectivity index (χ0v) is 18.5. The van der Waals surface area contributed by atoms with Gasteiger partial charge in [0.1, 0.15) is 0 Å². The van der Waals surface area contributed by atoms with E-state index in [1.807, 2.05) is 0 Å². The van der Waals surface area contributed by atoms with Gasteiger partial charge >= 0.3 is 0 Å². The molecule has 174 valence electrons. The molecular weight excluding hydrogens is 440 g/mol. The van der Waals surface area contributed by atoms with Gasteiger partial charge < -0.3 is 10.6 Å². The van der Waals surface area contributed by atoms with Crippen molar-refractivity contribution in [2.45, 2.75) is 19.9 Å². The molecule has 0 saturated carbocycles. The summed E-state index contributed by atoms with van der Waals surface area (Å²) in [5.74, 6) is -1.06. The molecule has 10 heteroatoms. The van der Waals surface area contributed by atoms with Crippen LogP contribution in [0.5, 0.6) is 0 Å². The Bertz CT molecular complexity index is 1260. The van der Waals surface area contributed by atoms with Gasteiger partial charge in [0.2, 0.25) is 0 Å². The second-order valence-corrected chi connectivity index (χ2v) is 7.56. The highest BCUT2D eigenvalue weighted by atomic mass is 16.6. The summed E-state index contributed by atoms with van der Waals surface area (Å²) in [6.45, 7) is 2.98. The highest BCUT2D eigenvalue weighted by molar-refractivity contribution is 5.98. The van der Waals surface area contributed by atoms with Gasteiger partial charge in [-0.2, -0.15) is 0 Å². The predicted molar refractivity (Wildman–Crippen MR) is 125 cm³/mol. The second kappa shape index (κ2) is 10.3. The minimum atomic E-state index is -0.657. The summed E-state index contributed by atoms with van der Waals surface area (Å²) in [6.07, 6.45) is 0. The van der Waals surface area contributed by atoms with Gasteiger partial charge in [0.05, 0.1) is 15.9 Å². The number of nitrogens with zero attached hydrogens (tertiary/aromatic N) is 2. The van der Waals surface area contributed by atoms with Gasteiger partial charge in [0, 0.05) is 40.9 Å². The van der Waals surface area contributed by atoms with Crippen molar-refractivity contribution in [1.29, 1.82) is 0 Å². The Balaban J connectivity index is 1.84. The van der Waals surface area contributed by atoms with Crippen molar-refractivity contribution in [3.8, 4) is 0 Å². The van der Waals surface area contributed by atoms with E-state index in [1.165, 1.54) is 50.2 Å². The van der Waals surface area contributed by atoms with Crippen molar-refractivity contribution < 1.29 is 19.4 Å². The number of rotatable bonds is 8. The molecule has 0 saturated heterocycles. The van der Waals surface area contributed by atoms with Crippen LogP contribution >= 0.6 is 0 Å². The quantitative estimate of drug-likeness (QED) is 0.382. The Morgan fingerprint density at radius 2 is 1.26 bits per heavy atom. The molecule has 3 aromatic rings. The topological polar surface area (TPSA) is 144 Å². The highest BCUT2D eigenvalue weighted by Crippen LogP contribution is 2.23. The minimum Gasteiger partial charge on any atom is -0.350 e. The summed E-state index contributed by atoms with van der Waals surface area (Å²) in [5, 5.41) is 28.0. The summed E-state index contributed by atoms with van der Waals surface area (Å²) in [5.41, 5.74) is 1.14. The van der Waals surface area contributed by atoms with Crippen LogP contribution in [0.25, 0.3) is 0 Å². The average molecular weight is 462 g/mol. The molecule has 0 aromatic heterocycles. The van der Waals surface area contributed by atoms with Crippen LogP contribution in [-0.4, -0.2) is 28.2 Å². The van der Waals surface area contributed by atoms with E-state index in [2.05, 4.69) is 10.6 Å². The first-order valence-electron chi connectivity index (χ1n) is 10.3. The van der Waals surface area contributed by atoms with E-state index in [0.717, 1.165) is 0 Å². The molecule has 0 aliphatic rings. The number of carbonyl (C=O) groups is 2. The Kier molecular flexibility index (Phi) is 7.32. The number of nitro benzene ring substituents is 2. The van der Waals surface area contributed by atoms with E-state index in [0.29, 0.717) is 5.56 Å². The Morgan fingerprint density at radius 1 is 0.765 bits per heavy atom. The van der Waals surface area contributed by atoms with Crippen LogP contribution in [0.15, 0.2) is 66.7 Å². The fourth-order valence-corrected chi connectivity index (χ4v) is 3.60. The van der Waals surface area contributed by atoms with Gasteiger partial charge in [-0.1, -0.05) is 42.5 Å². The number of nitrogens with one attached hydrogen (secondary N) is 2. The molecule has 34 heavy (non-hydrogen) atoms. The number of benzene rings is 3. The summed E-state index contributed by atoms with van der Waals surface area (Å²) in [6, 6.07) is 16.7. The molecule has 0 aliphatic carbocycles. The van der Waals surface area contributed by atoms with E-state index >= 15 is 0 Å². The standard InChI is InChI=1S/C24H22N4O6/c1-15-18(10-6-12-21(15)27(31)32)23(29)25-14-20(17-8-4-3-5-9-17)26-24(30)19-11-7-13-22(16(19)2)28(33)34/h3-13,20H,14H2,1-2H3,(H,25,29)(H,26,30). The van der Waals surface area contributed by atoms with Crippen LogP contribution in [0.4, 0.5) is 11.4 Å². The fourth-order valence-electron chi connectivity index (χ4n) is 3.60. The summed E-state index contributed by atoms with van der Waals surface area (Å²) in [7, 11) is 0. The van der Waals surface area contributed by atoms with Crippen LogP contribution in [0.2, 0.25) is 0 Å². The zero-order chi connectivity index (χ0) is 24.8. The van der Waals surface area contributed by atoms with Gasteiger partial charge in [0.15, 0.2) is 0 Å². The molecule has 1 atom stereocenters. The molecule has 0 fully saturated rings. The molecule has 2 amide bonds. The Hall–Kier alpha value is -4.60. The van der Waals surface area contributed by atoms with E-state index < -0.39 is 27.7 Å². The van der Waals surface area contributed by atoms with Crippen molar-refractivity contribution in [2.24, 2.45) is 0 Å². The second-order valence-electron chi connectivity index (χ2n) is 7.56. The molecule has 10 nitrogen and oxygen atoms in total. The highest BCUT2D eigenvalue weighted by Gasteiger charge is 2.23. The average Bonchev–Trinajstić information content (AvgIpc) is 2.81. The molecular formula is C24H22N4O6. The number of nitro groups is 2. The molecule has 1 unspecified atom stereocenters. The number of amides is 2. The fraction of sp³-hybridized carbons (Fsp3) is 0.167. The van der Waals surface area contributed by atoms with Gasteiger partial charge in [0.25, 0.3) is 23.2 Å². The molecule has 3 aromatic carbocycles. The van der Waals surface area contributed by atoms with Crippen molar-refractivity contribution in [3.63, 3.8) is 0 Å². The normalized spacial score (nSPS) is 11.4. The minimum absolute atomic E-state index is 0.00923. The smallest absolute Gasteiger partial charge is 0.273 e. The maximum absolute atomic E-state index is 13.0. The lowest BCUT2D eigenvalue weighted by Gasteiger charge is -2.21. The van der Waals surface area contributed by atoms with Gasteiger partial charge in [-0.25, -0.2) is 0 Å². The predicted octanol–water partition coefficient (Wildman–Crippen LogP) is 4.02. The molecule has 3 rings (SSSR count). The van der Waals surface area contributed by atoms with E-state index in [4.69, 9.17) is 0 Å². The summed E-state index contributed by atoms with van der Waals surface area (Å²) in [4.78, 5) is 47.1. The van der Waals surface area contributed by atoms with E-state index in [1.54, 1.807) is 30.3 Å². The SMILES string of the molecule is Cc1c(C(=O)NCC(NC(=O)c2cccc([N+](=O)[O-])c2C)c2ccccc2)cccc1[N+](=O)[O-]. The van der Waals surface area contributed by atoms with Crippen LogP contribution < -0.4 is 10.6 Å². The van der Waals surface area contributed by atoms with Crippen LogP contribution in [0, 0.1) is 34.1 Å². The lowest BCUT2D eigenvalue weighted by atomic mass is 10.0. The van der Waals surface area contributed by atoms with Crippen LogP contribution in [-0.2, 0) is 0 Å². The van der Waals surface area contributed by atoms with E-state index in [9.17, 15) is 29.8 Å². The van der Waals surface area contributed by atoms with Crippen LogP contribution in [0.3, 0.4) is 0 Å². The molecule has 0 heterocycles. The first-order valence-corrected chi connectivity index (χ1v) is 10.3. The third-order valence-corrected chi connectivity index (χ3v) is 5.47. The maximum atomic E-state index is 13.0. The van der Waals surface area contributed by atoms with Gasteiger partial charge in [-0.05, 0) is 31.5 Å². The third kappa shape index (κ3) is 5.23. The maximum Gasteiger partial charge on any atom is 0.273 e. The van der Waals surface area contributed by atoms with Crippen molar-refractivity contribution >= 4 is 23.2 Å². The van der Waals surface area contributed by atoms with E-state index in [-0.39, 0.29) is 40.2 Å². The van der Waals surface area contributed by atoms with Gasteiger partial charge in [-0.3, -0.25) is 29.8 Å². The zero-order valence-electron chi connectivity index (χ0n) is 18.5. The third-order valence-electron chi connectivity index (χ3n) is 5.47. The first-order chi connectivity index (χ1) is 16.2. The van der Waals surface area contributed by atoms with Crippen molar-refractivity contribution in [2.75, 3.05) is 6.54 Å². The summed E-state index contributed by atoms with van der Waals surface area (Å²) < 4.78 is 0. The number of hydrogen-bond acceptors (Lipinski definition) is 6. The number of hydrogen-bond donors (Lipinski definition) is 2. The molecule has 2 N–H and O–H groups in total. The van der Waals surface area contributed by atoms with Crippen molar-refractivity contribution in [3.05, 3.63) is 115 Å². The summed E-state index contributed by atoms with van der Waals surface area (Å²) >= 11 is 0. The van der Waals surface area contributed by atoms with Crippen LogP contribution in [0.1, 0.15) is 43.4 Å². The van der Waals surface area contributed by atoms with Gasteiger partial charge in [-0.15, -0.1) is 0 Å². The number of carbonyl (C=O) groups excluding carboxylic acids is 2. The lowest BCUT2D eigenvalue weighted by Crippen LogP contribution is -2.38. The monoisotopic (exact) mass is 462 g/mol. The Morgan fingerprint density at radius 3 is 1.76 bits per heavy atom.